The predicted octanol–water partition coefficient (Wildman–Crippen LogP) is 8.34. The number of para-hydroxylation sites is 1. The van der Waals surface area contributed by atoms with Gasteiger partial charge in [0.1, 0.15) is 0 Å². The Morgan fingerprint density at radius 1 is 0.929 bits per heavy atom. The van der Waals surface area contributed by atoms with Gasteiger partial charge in [-0.05, 0) is 112 Å². The summed E-state index contributed by atoms with van der Waals surface area (Å²) in [6, 6.07) is 11.4. The third-order valence-corrected chi connectivity index (χ3v) is 12.7. The van der Waals surface area contributed by atoms with Crippen molar-refractivity contribution in [1.82, 2.24) is 14.9 Å². The molecule has 2 aromatic heterocycles. The van der Waals surface area contributed by atoms with Gasteiger partial charge in [-0.15, -0.1) is 0 Å². The van der Waals surface area contributed by atoms with Gasteiger partial charge in [-0.1, -0.05) is 61.8 Å². The first-order chi connectivity index (χ1) is 20.6. The molecular weight excluding hydrogens is 514 g/mol. The highest BCUT2D eigenvalue weighted by atomic mass is 16.3. The summed E-state index contributed by atoms with van der Waals surface area (Å²) in [5.74, 6) is 1.19. The van der Waals surface area contributed by atoms with E-state index in [0.717, 1.165) is 36.5 Å². The van der Waals surface area contributed by atoms with Gasteiger partial charge in [-0.3, -0.25) is 9.88 Å². The van der Waals surface area contributed by atoms with E-state index in [-0.39, 0.29) is 16.9 Å². The van der Waals surface area contributed by atoms with Gasteiger partial charge in [-0.2, -0.15) is 0 Å². The fourth-order valence-electron chi connectivity index (χ4n) is 11.3. The van der Waals surface area contributed by atoms with Crippen LogP contribution >= 0.6 is 0 Å². The Bertz CT molecular complexity index is 1630. The zero-order chi connectivity index (χ0) is 27.9. The van der Waals surface area contributed by atoms with E-state index in [1.165, 1.54) is 92.5 Å². The number of hydrogen-bond acceptors (Lipinski definition) is 3. The Morgan fingerprint density at radius 2 is 1.88 bits per heavy atom. The van der Waals surface area contributed by atoms with Crippen molar-refractivity contribution in [2.45, 2.75) is 101 Å². The molecule has 7 atom stereocenters. The van der Waals surface area contributed by atoms with Crippen LogP contribution in [0, 0.1) is 22.7 Å². The minimum Gasteiger partial charge on any atom is -0.384 e. The topological polar surface area (TPSA) is 52.2 Å². The Kier molecular flexibility index (Phi) is 5.77. The van der Waals surface area contributed by atoms with Crippen molar-refractivity contribution in [3.63, 3.8) is 0 Å². The number of pyridine rings is 1. The molecule has 4 heterocycles. The lowest BCUT2D eigenvalue weighted by Gasteiger charge is -2.69. The summed E-state index contributed by atoms with van der Waals surface area (Å²) < 4.78 is 0. The van der Waals surface area contributed by atoms with Crippen LogP contribution in [0.2, 0.25) is 0 Å². The van der Waals surface area contributed by atoms with E-state index in [1.54, 1.807) is 0 Å². The fourth-order valence-corrected chi connectivity index (χ4v) is 11.3. The van der Waals surface area contributed by atoms with E-state index in [2.05, 4.69) is 70.6 Å². The maximum atomic E-state index is 13.2. The molecule has 1 saturated heterocycles. The van der Waals surface area contributed by atoms with Crippen molar-refractivity contribution in [2.24, 2.45) is 22.7 Å². The summed E-state index contributed by atoms with van der Waals surface area (Å²) in [4.78, 5) is 11.8. The van der Waals surface area contributed by atoms with Gasteiger partial charge in [0.2, 0.25) is 0 Å². The Balaban J connectivity index is 1.32. The van der Waals surface area contributed by atoms with Crippen LogP contribution in [-0.2, 0) is 0 Å². The molecule has 2 saturated carbocycles. The number of aromatic nitrogens is 2. The van der Waals surface area contributed by atoms with Crippen LogP contribution in [0.25, 0.3) is 27.4 Å². The zero-order valence-electron chi connectivity index (χ0n) is 24.9. The summed E-state index contributed by atoms with van der Waals surface area (Å²) in [5, 5.41) is 15.7. The number of rotatable bonds is 1. The van der Waals surface area contributed by atoms with Gasteiger partial charge in [0, 0.05) is 40.0 Å². The Hall–Kier alpha value is -2.69. The number of nitrogens with one attached hydrogen (secondary N) is 1. The second-order valence-corrected chi connectivity index (χ2v) is 14.9. The second kappa shape index (κ2) is 9.40. The van der Waals surface area contributed by atoms with Crippen molar-refractivity contribution in [2.75, 3.05) is 6.54 Å². The molecular formula is C38H45N3O. The number of fused-ring (bicyclic) bond motifs is 5. The second-order valence-electron chi connectivity index (χ2n) is 14.9. The number of benzene rings is 1. The number of H-pyrrole nitrogens is 1. The van der Waals surface area contributed by atoms with Gasteiger partial charge < -0.3 is 10.1 Å². The molecule has 6 aliphatic rings. The van der Waals surface area contributed by atoms with Crippen LogP contribution in [0.1, 0.15) is 89.2 Å². The van der Waals surface area contributed by atoms with Crippen LogP contribution < -0.4 is 0 Å². The van der Waals surface area contributed by atoms with E-state index in [0.29, 0.717) is 12.0 Å². The number of aromatic amines is 1. The normalized spacial score (nSPS) is 41.3. The van der Waals surface area contributed by atoms with Gasteiger partial charge in [-0.25, -0.2) is 0 Å². The molecule has 42 heavy (non-hydrogen) atoms. The molecule has 4 nitrogen and oxygen atoms in total. The SMILES string of the molecule is O[C@]12C=C(c3nccc4c3[nH]c3ccccc34)C3CCC4CCCCC5(/C=C\CC1)C[C@@]3(C4)[C@H]2N1CCCC/C=C\C15. The summed E-state index contributed by atoms with van der Waals surface area (Å²) in [6.45, 7) is 1.11. The highest BCUT2D eigenvalue weighted by molar-refractivity contribution is 6.09. The highest BCUT2D eigenvalue weighted by Gasteiger charge is 2.67. The lowest BCUT2D eigenvalue weighted by molar-refractivity contribution is -0.181. The summed E-state index contributed by atoms with van der Waals surface area (Å²) in [6.07, 6.45) is 30.3. The summed E-state index contributed by atoms with van der Waals surface area (Å²) in [7, 11) is 0. The van der Waals surface area contributed by atoms with Crippen molar-refractivity contribution in [1.29, 1.82) is 0 Å². The quantitative estimate of drug-likeness (QED) is 0.295. The van der Waals surface area contributed by atoms with Crippen LogP contribution in [0.5, 0.6) is 0 Å². The zero-order valence-corrected chi connectivity index (χ0v) is 24.9. The number of allylic oxidation sites excluding steroid dienone is 3. The van der Waals surface area contributed by atoms with Crippen LogP contribution in [0.4, 0.5) is 0 Å². The molecule has 0 radical (unpaired) electrons. The molecule has 1 spiro atoms. The van der Waals surface area contributed by atoms with Gasteiger partial charge >= 0.3 is 0 Å². The van der Waals surface area contributed by atoms with E-state index < -0.39 is 5.60 Å². The number of hydrogen-bond donors (Lipinski definition) is 2. The first-order valence-corrected chi connectivity index (χ1v) is 17.0. The highest BCUT2D eigenvalue weighted by Crippen LogP contribution is 2.68. The summed E-state index contributed by atoms with van der Waals surface area (Å²) >= 11 is 0. The number of piperidine rings is 1. The minimum absolute atomic E-state index is 0.0557. The average Bonchev–Trinajstić information content (AvgIpc) is 3.39. The predicted molar refractivity (Wildman–Crippen MR) is 171 cm³/mol. The van der Waals surface area contributed by atoms with Crippen molar-refractivity contribution in [3.8, 4) is 0 Å². The molecule has 2 aliphatic heterocycles. The monoisotopic (exact) mass is 559 g/mol. The largest absolute Gasteiger partial charge is 0.384 e. The maximum absolute atomic E-state index is 13.2. The standard InChI is InChI=1S/C38H45N3O/c42-38-20-9-8-19-36-18-7-6-11-26-15-16-30(37(23-26,25-36)35(38)41-22-10-2-1-3-14-32(36)41)29(24-38)33-34-28(17-21-39-33)27-12-4-5-13-31(27)40-34/h3-5,8,12-14,17,19,21,24,26,30,32,35,40,42H,1-2,6-7,9-11,15-16,18,20,22-23,25H2/b14-3-,19-8-/t26?,30?,32?,35-,36?,37-,38+/m1/s1. The van der Waals surface area contributed by atoms with Gasteiger partial charge in [0.05, 0.1) is 16.8 Å². The van der Waals surface area contributed by atoms with E-state index >= 15 is 0 Å². The average molecular weight is 560 g/mol. The molecule has 2 N–H and O–H groups in total. The van der Waals surface area contributed by atoms with Crippen LogP contribution in [-0.4, -0.2) is 44.2 Å². The third kappa shape index (κ3) is 3.57. The molecule has 3 fully saturated rings. The molecule has 9 rings (SSSR count). The van der Waals surface area contributed by atoms with Gasteiger partial charge in [0.15, 0.2) is 0 Å². The first-order valence-electron chi connectivity index (χ1n) is 17.0. The van der Waals surface area contributed by atoms with E-state index in [4.69, 9.17) is 4.98 Å². The maximum Gasteiger partial charge on any atom is 0.0997 e. The van der Waals surface area contributed by atoms with Crippen LogP contribution in [0.15, 0.2) is 66.9 Å². The van der Waals surface area contributed by atoms with E-state index in [9.17, 15) is 5.11 Å². The van der Waals surface area contributed by atoms with Crippen LogP contribution in [0.3, 0.4) is 0 Å². The summed E-state index contributed by atoms with van der Waals surface area (Å²) in [5.41, 5.74) is 4.07. The molecule has 4 aliphatic carbocycles. The lowest BCUT2D eigenvalue weighted by Crippen LogP contribution is -2.73. The molecule has 3 aromatic rings. The third-order valence-electron chi connectivity index (χ3n) is 12.7. The Morgan fingerprint density at radius 3 is 2.86 bits per heavy atom. The van der Waals surface area contributed by atoms with E-state index in [1.807, 2.05) is 6.20 Å². The molecule has 1 aromatic carbocycles. The molecule has 0 amide bonds. The van der Waals surface area contributed by atoms with Crippen molar-refractivity contribution < 1.29 is 5.11 Å². The molecule has 4 unspecified atom stereocenters. The first kappa shape index (κ1) is 25.8. The lowest BCUT2D eigenvalue weighted by atomic mass is 9.44. The smallest absolute Gasteiger partial charge is 0.0997 e. The van der Waals surface area contributed by atoms with Gasteiger partial charge in [0.25, 0.3) is 0 Å². The fraction of sp³-hybridized carbons (Fsp3) is 0.553. The number of aliphatic hydroxyl groups is 1. The van der Waals surface area contributed by atoms with Crippen molar-refractivity contribution in [3.05, 3.63) is 72.6 Å². The Labute approximate surface area is 250 Å². The molecule has 218 valence electrons. The van der Waals surface area contributed by atoms with Crippen molar-refractivity contribution >= 4 is 27.4 Å². The minimum atomic E-state index is -0.871. The molecule has 5 bridgehead atoms. The molecule has 4 heteroatoms. The number of nitrogens with zero attached hydrogens (tertiary/aromatic N) is 2.